The first-order valence-corrected chi connectivity index (χ1v) is 18.8. The van der Waals surface area contributed by atoms with E-state index in [9.17, 15) is 26.2 Å². The Labute approximate surface area is 274 Å². The Hall–Kier alpha value is -3.54. The van der Waals surface area contributed by atoms with Crippen LogP contribution in [-0.2, 0) is 35.6 Å². The molecule has 9 nitrogen and oxygen atoms in total. The number of amides is 1. The predicted molar refractivity (Wildman–Crippen MR) is 184 cm³/mol. The second kappa shape index (κ2) is 13.3. The molecular weight excluding hydrogens is 623 g/mol. The molecular formula is C35H46N3O6S2+. The number of allylic oxidation sites excluding steroid dienone is 4. The summed E-state index contributed by atoms with van der Waals surface area (Å²) in [6.45, 7) is 17.5. The summed E-state index contributed by atoms with van der Waals surface area (Å²) in [6.07, 6.45) is 7.78. The van der Waals surface area contributed by atoms with Crippen molar-refractivity contribution in [1.82, 2.24) is 5.32 Å². The molecule has 0 saturated heterocycles. The minimum absolute atomic E-state index is 0.0339. The molecule has 4 rings (SSSR count). The third-order valence-electron chi connectivity index (χ3n) is 9.03. The number of likely N-dealkylation sites (N-methyl/N-ethyl adjacent to an activating group) is 1. The Morgan fingerprint density at radius 2 is 1.74 bits per heavy atom. The number of nitrogens with zero attached hydrogens (tertiary/aromatic N) is 2. The van der Waals surface area contributed by atoms with Gasteiger partial charge in [0.25, 0.3) is 10.1 Å². The first-order chi connectivity index (χ1) is 21.4. The van der Waals surface area contributed by atoms with Crippen molar-refractivity contribution in [2.45, 2.75) is 76.5 Å². The molecule has 1 amide bonds. The van der Waals surface area contributed by atoms with Gasteiger partial charge in [-0.25, -0.2) is 8.42 Å². The number of fused-ring (bicyclic) bond motifs is 2. The lowest BCUT2D eigenvalue weighted by Crippen LogP contribution is -2.29. The zero-order chi connectivity index (χ0) is 34.1. The Balaban J connectivity index is 1.61. The van der Waals surface area contributed by atoms with Crippen molar-refractivity contribution in [2.75, 3.05) is 30.3 Å². The average molecular weight is 669 g/mol. The Morgan fingerprint density at radius 1 is 1.02 bits per heavy atom. The third-order valence-corrected chi connectivity index (χ3v) is 11.2. The molecule has 2 aliphatic rings. The molecule has 2 aromatic rings. The number of aryl methyl sites for hydroxylation is 1. The standard InChI is InChI=1S/C35H45N3O6S2/c1-8-37-29-18-16-25(3)23-27(29)34(4,5)31(37)13-12-14-32-35(6,7)28-24-26(46(42,43)44)17-19-30(28)38(32)21-11-10-15-33(39)36-20-22-45(40,41)9-2/h9,12-14,16-19,23-24H,2,8,10-11,15,20-22H2,1,3-7H3,(H-,36,39,42,43,44)/p+1. The van der Waals surface area contributed by atoms with Crippen LogP contribution in [-0.4, -0.2) is 63.0 Å². The van der Waals surface area contributed by atoms with Gasteiger partial charge < -0.3 is 10.2 Å². The quantitative estimate of drug-likeness (QED) is 0.159. The SMILES string of the molecule is C=CS(=O)(=O)CCNC(=O)CCCC[N+]1=C(C=CC=C2N(CC)c3ccc(C)cc3C2(C)C)C(C)(C)c2cc(S(=O)(=O)O)ccc21. The van der Waals surface area contributed by atoms with E-state index in [-0.39, 0.29) is 34.9 Å². The Morgan fingerprint density at radius 3 is 2.39 bits per heavy atom. The first-order valence-electron chi connectivity index (χ1n) is 15.6. The van der Waals surface area contributed by atoms with Crippen molar-refractivity contribution in [3.8, 4) is 0 Å². The van der Waals surface area contributed by atoms with E-state index in [4.69, 9.17) is 0 Å². The molecule has 11 heteroatoms. The average Bonchev–Trinajstić information content (AvgIpc) is 3.32. The van der Waals surface area contributed by atoms with Crippen LogP contribution in [0, 0.1) is 6.92 Å². The van der Waals surface area contributed by atoms with Gasteiger partial charge in [0.15, 0.2) is 15.5 Å². The summed E-state index contributed by atoms with van der Waals surface area (Å²) in [5.74, 6) is -0.404. The number of anilines is 1. The molecule has 2 N–H and O–H groups in total. The molecule has 248 valence electrons. The summed E-state index contributed by atoms with van der Waals surface area (Å²) in [6, 6.07) is 11.3. The number of nitrogens with one attached hydrogen (secondary N) is 1. The zero-order valence-electron chi connectivity index (χ0n) is 27.6. The van der Waals surface area contributed by atoms with Gasteiger partial charge in [-0.15, -0.1) is 0 Å². The number of unbranched alkanes of at least 4 members (excludes halogenated alkanes) is 1. The minimum atomic E-state index is -4.39. The molecule has 2 aliphatic heterocycles. The molecule has 0 aromatic heterocycles. The lowest BCUT2D eigenvalue weighted by Gasteiger charge is -2.25. The van der Waals surface area contributed by atoms with Crippen molar-refractivity contribution in [1.29, 1.82) is 0 Å². The van der Waals surface area contributed by atoms with Crippen molar-refractivity contribution in [2.24, 2.45) is 0 Å². The van der Waals surface area contributed by atoms with Gasteiger partial charge in [-0.2, -0.15) is 13.0 Å². The summed E-state index contributed by atoms with van der Waals surface area (Å²) in [5, 5.41) is 3.54. The van der Waals surface area contributed by atoms with Crippen LogP contribution >= 0.6 is 0 Å². The molecule has 0 saturated carbocycles. The van der Waals surface area contributed by atoms with Gasteiger partial charge in [0.1, 0.15) is 6.54 Å². The van der Waals surface area contributed by atoms with E-state index in [0.717, 1.165) is 28.9 Å². The zero-order valence-corrected chi connectivity index (χ0v) is 29.3. The fourth-order valence-electron chi connectivity index (χ4n) is 6.48. The van der Waals surface area contributed by atoms with Gasteiger partial charge in [0.2, 0.25) is 11.6 Å². The second-order valence-corrected chi connectivity index (χ2v) is 16.4. The number of benzene rings is 2. The summed E-state index contributed by atoms with van der Waals surface area (Å²) in [7, 11) is -7.76. The molecule has 2 aromatic carbocycles. The maximum absolute atomic E-state index is 12.3. The van der Waals surface area contributed by atoms with Crippen LogP contribution < -0.4 is 10.2 Å². The maximum atomic E-state index is 12.3. The third kappa shape index (κ3) is 7.21. The molecule has 0 fully saturated rings. The smallest absolute Gasteiger partial charge is 0.294 e. The van der Waals surface area contributed by atoms with E-state index in [1.807, 2.05) is 13.8 Å². The van der Waals surface area contributed by atoms with Crippen LogP contribution in [0.15, 0.2) is 77.2 Å². The van der Waals surface area contributed by atoms with E-state index < -0.39 is 25.4 Å². The maximum Gasteiger partial charge on any atom is 0.294 e. The molecule has 0 spiro atoms. The number of carbonyl (C=O) groups is 1. The van der Waals surface area contributed by atoms with Gasteiger partial charge in [0.05, 0.1) is 16.1 Å². The summed E-state index contributed by atoms with van der Waals surface area (Å²) in [4.78, 5) is 14.5. The number of hydrogen-bond acceptors (Lipinski definition) is 6. The highest BCUT2D eigenvalue weighted by molar-refractivity contribution is 7.94. The van der Waals surface area contributed by atoms with Crippen molar-refractivity contribution >= 4 is 42.9 Å². The fraction of sp³-hybridized carbons (Fsp3) is 0.429. The van der Waals surface area contributed by atoms with Crippen LogP contribution in [0.2, 0.25) is 0 Å². The molecule has 0 aliphatic carbocycles. The highest BCUT2D eigenvalue weighted by Gasteiger charge is 2.45. The summed E-state index contributed by atoms with van der Waals surface area (Å²) >= 11 is 0. The first kappa shape index (κ1) is 35.3. The number of sulfone groups is 1. The second-order valence-electron chi connectivity index (χ2n) is 13.0. The highest BCUT2D eigenvalue weighted by atomic mass is 32.2. The van der Waals surface area contributed by atoms with Crippen LogP contribution in [0.1, 0.15) is 70.6 Å². The van der Waals surface area contributed by atoms with Crippen molar-refractivity contribution in [3.05, 3.63) is 89.0 Å². The van der Waals surface area contributed by atoms with Gasteiger partial charge in [0, 0.05) is 65.8 Å². The van der Waals surface area contributed by atoms with E-state index in [1.165, 1.54) is 28.6 Å². The lowest BCUT2D eigenvalue weighted by molar-refractivity contribution is -0.438. The van der Waals surface area contributed by atoms with E-state index >= 15 is 0 Å². The fourth-order valence-corrected chi connectivity index (χ4v) is 7.54. The summed E-state index contributed by atoms with van der Waals surface area (Å²) < 4.78 is 59.1. The van der Waals surface area contributed by atoms with Gasteiger partial charge in [-0.05, 0) is 64.0 Å². The molecule has 0 radical (unpaired) electrons. The molecule has 46 heavy (non-hydrogen) atoms. The highest BCUT2D eigenvalue weighted by Crippen LogP contribution is 2.48. The van der Waals surface area contributed by atoms with Crippen molar-refractivity contribution in [3.63, 3.8) is 0 Å². The molecule has 2 heterocycles. The topological polar surface area (TPSA) is 124 Å². The number of rotatable bonds is 13. The Kier molecular flexibility index (Phi) is 10.2. The molecule has 0 atom stereocenters. The Bertz CT molecular complexity index is 1850. The minimum Gasteiger partial charge on any atom is -0.355 e. The van der Waals surface area contributed by atoms with E-state index in [0.29, 0.717) is 19.4 Å². The van der Waals surface area contributed by atoms with Gasteiger partial charge >= 0.3 is 0 Å². The monoisotopic (exact) mass is 668 g/mol. The predicted octanol–water partition coefficient (Wildman–Crippen LogP) is 5.72. The van der Waals surface area contributed by atoms with Crippen LogP contribution in [0.4, 0.5) is 11.4 Å². The number of carbonyl (C=O) groups excluding carboxylic acids is 1. The number of hydrogen-bond donors (Lipinski definition) is 2. The largest absolute Gasteiger partial charge is 0.355 e. The van der Waals surface area contributed by atoms with E-state index in [1.54, 1.807) is 12.1 Å². The van der Waals surface area contributed by atoms with Crippen LogP contribution in [0.3, 0.4) is 0 Å². The van der Waals surface area contributed by atoms with Crippen molar-refractivity contribution < 1.29 is 30.8 Å². The summed E-state index contributed by atoms with van der Waals surface area (Å²) in [5.41, 5.74) is 6.75. The lowest BCUT2D eigenvalue weighted by atomic mass is 9.81. The molecule has 0 bridgehead atoms. The van der Waals surface area contributed by atoms with Gasteiger partial charge in [-0.1, -0.05) is 44.2 Å². The van der Waals surface area contributed by atoms with Crippen LogP contribution in [0.25, 0.3) is 0 Å². The van der Waals surface area contributed by atoms with E-state index in [2.05, 4.69) is 85.5 Å². The van der Waals surface area contributed by atoms with Gasteiger partial charge in [-0.3, -0.25) is 9.35 Å². The normalized spacial score (nSPS) is 17.9. The molecule has 0 unspecified atom stereocenters. The van der Waals surface area contributed by atoms with Crippen LogP contribution in [0.5, 0.6) is 0 Å².